The quantitative estimate of drug-likeness (QED) is 0.577. The molecule has 0 bridgehead atoms. The van der Waals surface area contributed by atoms with E-state index in [0.717, 1.165) is 25.0 Å². The van der Waals surface area contributed by atoms with Gasteiger partial charge >= 0.3 is 12.1 Å². The van der Waals surface area contributed by atoms with Gasteiger partial charge in [0.25, 0.3) is 0 Å². The van der Waals surface area contributed by atoms with Crippen molar-refractivity contribution in [2.24, 2.45) is 0 Å². The summed E-state index contributed by atoms with van der Waals surface area (Å²) >= 11 is 0. The molecule has 0 radical (unpaired) electrons. The second-order valence-electron chi connectivity index (χ2n) is 6.95. The van der Waals surface area contributed by atoms with E-state index in [9.17, 15) is 18.0 Å². The standard InChI is InChI=1S/C21H19F3N2O3/c1-12-14(20(27)28-2)5-3-6-16(12)26-17-9-8-13(21(22,23)24)11-15(17)25-19(26)18-7-4-10-29-18/h3,5-6,8-9,11,18H,4,7,10H2,1-2H3. The molecule has 0 saturated carbocycles. The molecule has 3 aromatic rings. The van der Waals surface area contributed by atoms with E-state index < -0.39 is 17.7 Å². The van der Waals surface area contributed by atoms with Gasteiger partial charge < -0.3 is 9.47 Å². The number of hydrogen-bond acceptors (Lipinski definition) is 4. The molecule has 1 aromatic heterocycles. The molecule has 0 amide bonds. The largest absolute Gasteiger partial charge is 0.465 e. The summed E-state index contributed by atoms with van der Waals surface area (Å²) in [5, 5.41) is 0. The lowest BCUT2D eigenvalue weighted by Gasteiger charge is -2.17. The van der Waals surface area contributed by atoms with Crippen LogP contribution in [-0.2, 0) is 15.7 Å². The van der Waals surface area contributed by atoms with Gasteiger partial charge in [0, 0.05) is 6.61 Å². The zero-order chi connectivity index (χ0) is 20.8. The van der Waals surface area contributed by atoms with Crippen molar-refractivity contribution in [2.45, 2.75) is 32.0 Å². The van der Waals surface area contributed by atoms with Gasteiger partial charge in [-0.15, -0.1) is 0 Å². The fourth-order valence-electron chi connectivity index (χ4n) is 3.72. The lowest BCUT2D eigenvalue weighted by molar-refractivity contribution is -0.137. The Hall–Kier alpha value is -2.87. The lowest BCUT2D eigenvalue weighted by Crippen LogP contribution is -2.11. The number of imidazole rings is 1. The Kier molecular flexibility index (Phi) is 4.82. The van der Waals surface area contributed by atoms with Gasteiger partial charge in [-0.05, 0) is 55.7 Å². The molecular weight excluding hydrogens is 385 g/mol. The predicted octanol–water partition coefficient (Wildman–Crippen LogP) is 4.99. The third-order valence-electron chi connectivity index (χ3n) is 5.18. The fourth-order valence-corrected chi connectivity index (χ4v) is 3.72. The van der Waals surface area contributed by atoms with Gasteiger partial charge in [0.15, 0.2) is 0 Å². The van der Waals surface area contributed by atoms with Gasteiger partial charge in [-0.2, -0.15) is 13.2 Å². The van der Waals surface area contributed by atoms with Crippen molar-refractivity contribution in [3.05, 3.63) is 58.9 Å². The first kappa shape index (κ1) is 19.4. The van der Waals surface area contributed by atoms with Gasteiger partial charge in [0.1, 0.15) is 11.9 Å². The van der Waals surface area contributed by atoms with Crippen LogP contribution < -0.4 is 0 Å². The summed E-state index contributed by atoms with van der Waals surface area (Å²) in [6.45, 7) is 2.35. The number of ether oxygens (including phenoxy) is 2. The van der Waals surface area contributed by atoms with Crippen LogP contribution in [0.4, 0.5) is 13.2 Å². The van der Waals surface area contributed by atoms with Crippen molar-refractivity contribution in [1.29, 1.82) is 0 Å². The second-order valence-corrected chi connectivity index (χ2v) is 6.95. The lowest BCUT2D eigenvalue weighted by atomic mass is 10.1. The molecule has 1 atom stereocenters. The molecule has 152 valence electrons. The smallest absolute Gasteiger partial charge is 0.416 e. The highest BCUT2D eigenvalue weighted by Crippen LogP contribution is 2.37. The molecule has 4 rings (SSSR count). The van der Waals surface area contributed by atoms with E-state index in [2.05, 4.69) is 4.98 Å². The normalized spacial score (nSPS) is 17.1. The summed E-state index contributed by atoms with van der Waals surface area (Å²) in [5.74, 6) is 0.0498. The van der Waals surface area contributed by atoms with Gasteiger partial charge in [-0.3, -0.25) is 4.57 Å². The molecule has 0 N–H and O–H groups in total. The van der Waals surface area contributed by atoms with Crippen LogP contribution >= 0.6 is 0 Å². The molecule has 2 heterocycles. The first-order valence-electron chi connectivity index (χ1n) is 9.20. The molecule has 1 fully saturated rings. The Labute approximate surface area is 165 Å². The molecule has 1 unspecified atom stereocenters. The summed E-state index contributed by atoms with van der Waals surface area (Å²) in [7, 11) is 1.30. The highest BCUT2D eigenvalue weighted by molar-refractivity contribution is 5.92. The Balaban J connectivity index is 1.97. The number of fused-ring (bicyclic) bond motifs is 1. The van der Waals surface area contributed by atoms with Gasteiger partial charge in [0.05, 0.1) is 35.0 Å². The van der Waals surface area contributed by atoms with Crippen molar-refractivity contribution < 1.29 is 27.4 Å². The highest BCUT2D eigenvalue weighted by atomic mass is 19.4. The van der Waals surface area contributed by atoms with Gasteiger partial charge in [-0.1, -0.05) is 6.07 Å². The van der Waals surface area contributed by atoms with Crippen LogP contribution in [0.15, 0.2) is 36.4 Å². The van der Waals surface area contributed by atoms with E-state index >= 15 is 0 Å². The zero-order valence-electron chi connectivity index (χ0n) is 15.9. The summed E-state index contributed by atoms with van der Waals surface area (Å²) in [5.41, 5.74) is 1.69. The number of halogens is 3. The summed E-state index contributed by atoms with van der Waals surface area (Å²) in [4.78, 5) is 16.6. The summed E-state index contributed by atoms with van der Waals surface area (Å²) < 4.78 is 51.9. The first-order valence-corrected chi connectivity index (χ1v) is 9.20. The highest BCUT2D eigenvalue weighted by Gasteiger charge is 2.32. The molecule has 1 saturated heterocycles. The Morgan fingerprint density at radius 1 is 1.28 bits per heavy atom. The average molecular weight is 404 g/mol. The van der Waals surface area contributed by atoms with Crippen molar-refractivity contribution >= 4 is 17.0 Å². The molecule has 29 heavy (non-hydrogen) atoms. The molecule has 2 aromatic carbocycles. The number of nitrogens with zero attached hydrogens (tertiary/aromatic N) is 2. The average Bonchev–Trinajstić information content (AvgIpc) is 3.34. The molecule has 0 aliphatic carbocycles. The maximum absolute atomic E-state index is 13.2. The van der Waals surface area contributed by atoms with Crippen LogP contribution in [0, 0.1) is 6.92 Å². The molecule has 1 aliphatic rings. The zero-order valence-corrected chi connectivity index (χ0v) is 15.9. The number of carbonyl (C=O) groups is 1. The van der Waals surface area contributed by atoms with Crippen LogP contribution in [0.25, 0.3) is 16.7 Å². The van der Waals surface area contributed by atoms with E-state index in [1.165, 1.54) is 13.2 Å². The van der Waals surface area contributed by atoms with Crippen LogP contribution in [0.5, 0.6) is 0 Å². The number of hydrogen-bond donors (Lipinski definition) is 0. The Morgan fingerprint density at radius 2 is 2.07 bits per heavy atom. The number of alkyl halides is 3. The topological polar surface area (TPSA) is 53.4 Å². The molecular formula is C21H19F3N2O3. The van der Waals surface area contributed by atoms with E-state index in [1.54, 1.807) is 29.7 Å². The Morgan fingerprint density at radius 3 is 2.72 bits per heavy atom. The first-order chi connectivity index (χ1) is 13.8. The maximum Gasteiger partial charge on any atom is 0.416 e. The number of esters is 1. The number of carbonyl (C=O) groups excluding carboxylic acids is 1. The van der Waals surface area contributed by atoms with E-state index in [1.807, 2.05) is 0 Å². The molecule has 0 spiro atoms. The molecule has 5 nitrogen and oxygen atoms in total. The number of methoxy groups -OCH3 is 1. The van der Waals surface area contributed by atoms with Crippen molar-refractivity contribution in [1.82, 2.24) is 9.55 Å². The van der Waals surface area contributed by atoms with E-state index in [0.29, 0.717) is 34.8 Å². The van der Waals surface area contributed by atoms with Crippen LogP contribution in [0.2, 0.25) is 0 Å². The SMILES string of the molecule is COC(=O)c1cccc(-n2c(C3CCCO3)nc3cc(C(F)(F)F)ccc32)c1C. The predicted molar refractivity (Wildman–Crippen MR) is 100 cm³/mol. The fraction of sp³-hybridized carbons (Fsp3) is 0.333. The van der Waals surface area contributed by atoms with Crippen LogP contribution in [0.3, 0.4) is 0 Å². The van der Waals surface area contributed by atoms with E-state index in [4.69, 9.17) is 9.47 Å². The number of aromatic nitrogens is 2. The minimum Gasteiger partial charge on any atom is -0.465 e. The Bertz CT molecular complexity index is 1080. The van der Waals surface area contributed by atoms with Crippen LogP contribution in [0.1, 0.15) is 46.3 Å². The van der Waals surface area contributed by atoms with Gasteiger partial charge in [0.2, 0.25) is 0 Å². The third-order valence-corrected chi connectivity index (χ3v) is 5.18. The monoisotopic (exact) mass is 404 g/mol. The molecule has 1 aliphatic heterocycles. The summed E-state index contributed by atoms with van der Waals surface area (Å²) in [6.07, 6.45) is -3.20. The molecule has 8 heteroatoms. The van der Waals surface area contributed by atoms with Gasteiger partial charge in [-0.25, -0.2) is 9.78 Å². The van der Waals surface area contributed by atoms with Crippen molar-refractivity contribution in [3.8, 4) is 5.69 Å². The minimum absolute atomic E-state index is 0.230. The number of rotatable bonds is 3. The minimum atomic E-state index is -4.46. The number of benzene rings is 2. The van der Waals surface area contributed by atoms with Crippen molar-refractivity contribution in [3.63, 3.8) is 0 Å². The third kappa shape index (κ3) is 3.37. The van der Waals surface area contributed by atoms with Crippen LogP contribution in [-0.4, -0.2) is 29.2 Å². The summed E-state index contributed by atoms with van der Waals surface area (Å²) in [6, 6.07) is 8.66. The second kappa shape index (κ2) is 7.18. The maximum atomic E-state index is 13.2. The van der Waals surface area contributed by atoms with Crippen molar-refractivity contribution in [2.75, 3.05) is 13.7 Å². The van der Waals surface area contributed by atoms with E-state index in [-0.39, 0.29) is 11.6 Å².